The van der Waals surface area contributed by atoms with Gasteiger partial charge in [-0.2, -0.15) is 0 Å². The number of hydrogen-bond acceptors (Lipinski definition) is 11. The van der Waals surface area contributed by atoms with E-state index in [2.05, 4.69) is 6.92 Å². The summed E-state index contributed by atoms with van der Waals surface area (Å²) in [5.41, 5.74) is -3.60. The van der Waals surface area contributed by atoms with Crippen molar-refractivity contribution >= 4 is 11.8 Å². The Morgan fingerprint density at radius 2 is 1.80 bits per heavy atom. The molecule has 6 fully saturated rings. The maximum atomic E-state index is 14.2. The number of carbonyl (C=O) groups is 2. The lowest BCUT2D eigenvalue weighted by molar-refractivity contribution is -0.313. The molecule has 228 valence electrons. The Labute approximate surface area is 239 Å². The van der Waals surface area contributed by atoms with Gasteiger partial charge in [-0.3, -0.25) is 4.79 Å². The summed E-state index contributed by atoms with van der Waals surface area (Å²) in [6.45, 7) is 5.65. The Kier molecular flexibility index (Phi) is 6.25. The molecule has 0 bridgehead atoms. The molecule has 41 heavy (non-hydrogen) atoms. The van der Waals surface area contributed by atoms with Crippen LogP contribution in [-0.4, -0.2) is 106 Å². The van der Waals surface area contributed by atoms with E-state index < -0.39 is 76.6 Å². The van der Waals surface area contributed by atoms with Crippen LogP contribution < -0.4 is 0 Å². The maximum absolute atomic E-state index is 14.2. The molecule has 11 nitrogen and oxygen atoms in total. The van der Waals surface area contributed by atoms with Crippen LogP contribution in [0.1, 0.15) is 59.3 Å². The number of hydrogen-bond donors (Lipinski definition) is 4. The normalized spacial score (nSPS) is 57.7. The standard InChI is InChI=1S/C30H42O11/c1-13-20(32)23(37-4)21(33)26(39-13)40-16-5-7-27(2)15(10-16)11-18-30(41-18)24(27)22(34)25(35)28(3)17(6-8-29(28,30)36)14-9-19(31)38-12-14/h9,13,15-18,20-24,26,32-34,36H,5-8,10-12H2,1-4H3/t13-,15+,16-,17-,18+,20+,21+,22+,23+,24-,26-,27-,28-,29+,30+/m0/s1. The van der Waals surface area contributed by atoms with Gasteiger partial charge >= 0.3 is 5.97 Å². The maximum Gasteiger partial charge on any atom is 0.331 e. The number of ether oxygens (including phenoxy) is 5. The second-order valence-electron chi connectivity index (χ2n) is 14.0. The number of rotatable bonds is 4. The smallest absolute Gasteiger partial charge is 0.331 e. The van der Waals surface area contributed by atoms with Crippen LogP contribution in [0, 0.1) is 28.6 Å². The third kappa shape index (κ3) is 3.43. The molecule has 3 heterocycles. The van der Waals surface area contributed by atoms with E-state index in [4.69, 9.17) is 23.7 Å². The molecule has 0 unspecified atom stereocenters. The first-order valence-electron chi connectivity index (χ1n) is 15.0. The number of carbonyl (C=O) groups excluding carboxylic acids is 2. The van der Waals surface area contributed by atoms with Crippen molar-refractivity contribution in [2.45, 2.75) is 120 Å². The third-order valence-corrected chi connectivity index (χ3v) is 12.5. The molecule has 4 saturated carbocycles. The first-order chi connectivity index (χ1) is 19.3. The number of aliphatic hydroxyl groups is 4. The zero-order chi connectivity index (χ0) is 29.3. The van der Waals surface area contributed by atoms with Gasteiger partial charge in [0.1, 0.15) is 42.2 Å². The van der Waals surface area contributed by atoms with Crippen LogP contribution in [0.3, 0.4) is 0 Å². The van der Waals surface area contributed by atoms with Crippen molar-refractivity contribution in [3.8, 4) is 0 Å². The Balaban J connectivity index is 1.15. The monoisotopic (exact) mass is 578 g/mol. The molecule has 3 aliphatic heterocycles. The Morgan fingerprint density at radius 1 is 1.05 bits per heavy atom. The van der Waals surface area contributed by atoms with E-state index in [0.29, 0.717) is 44.1 Å². The van der Waals surface area contributed by atoms with Crippen LogP contribution in [0.25, 0.3) is 0 Å². The second kappa shape index (κ2) is 9.04. The Morgan fingerprint density at radius 3 is 2.49 bits per heavy atom. The Bertz CT molecular complexity index is 1170. The van der Waals surface area contributed by atoms with Crippen LogP contribution in [0.15, 0.2) is 11.6 Å². The minimum atomic E-state index is -1.48. The van der Waals surface area contributed by atoms with E-state index in [9.17, 15) is 30.0 Å². The number of aliphatic hydroxyl groups excluding tert-OH is 3. The fourth-order valence-electron chi connectivity index (χ4n) is 10.3. The first kappa shape index (κ1) is 28.3. The zero-order valence-electron chi connectivity index (χ0n) is 24.0. The first-order valence-corrected chi connectivity index (χ1v) is 15.0. The van der Waals surface area contributed by atoms with Crippen LogP contribution in [0.5, 0.6) is 0 Å². The number of esters is 1. The molecule has 4 aliphatic carbocycles. The van der Waals surface area contributed by atoms with Crippen molar-refractivity contribution in [3.63, 3.8) is 0 Å². The van der Waals surface area contributed by atoms with Crippen molar-refractivity contribution in [1.82, 2.24) is 0 Å². The molecule has 7 rings (SSSR count). The van der Waals surface area contributed by atoms with Gasteiger partial charge in [-0.15, -0.1) is 0 Å². The highest BCUT2D eigenvalue weighted by molar-refractivity contribution is 5.94. The quantitative estimate of drug-likeness (QED) is 0.207. The van der Waals surface area contributed by atoms with Crippen LogP contribution >= 0.6 is 0 Å². The summed E-state index contributed by atoms with van der Waals surface area (Å²) in [5.74, 6) is -1.77. The minimum Gasteiger partial charge on any atom is -0.458 e. The lowest BCUT2D eigenvalue weighted by Gasteiger charge is -2.62. The van der Waals surface area contributed by atoms with Gasteiger partial charge in [0.15, 0.2) is 12.1 Å². The van der Waals surface area contributed by atoms with Crippen LogP contribution in [0.2, 0.25) is 0 Å². The van der Waals surface area contributed by atoms with E-state index in [1.165, 1.54) is 13.2 Å². The molecule has 1 spiro atoms. The summed E-state index contributed by atoms with van der Waals surface area (Å²) < 4.78 is 29.0. The van der Waals surface area contributed by atoms with E-state index in [1.54, 1.807) is 13.8 Å². The highest BCUT2D eigenvalue weighted by atomic mass is 16.7. The molecule has 0 aromatic heterocycles. The molecular weight excluding hydrogens is 536 g/mol. The minimum absolute atomic E-state index is 0.0463. The summed E-state index contributed by atoms with van der Waals surface area (Å²) in [6.07, 6.45) is -1.55. The number of Topliss-reactive ketones (excluding diaryl/α,β-unsaturated/α-hetero) is 1. The van der Waals surface area contributed by atoms with Crippen molar-refractivity contribution in [1.29, 1.82) is 0 Å². The van der Waals surface area contributed by atoms with Gasteiger partial charge in [0.2, 0.25) is 0 Å². The number of epoxide rings is 1. The summed E-state index contributed by atoms with van der Waals surface area (Å²) >= 11 is 0. The molecule has 0 aromatic carbocycles. The van der Waals surface area contributed by atoms with Crippen LogP contribution in [0.4, 0.5) is 0 Å². The second-order valence-corrected chi connectivity index (χ2v) is 14.0. The largest absolute Gasteiger partial charge is 0.458 e. The van der Waals surface area contributed by atoms with Gasteiger partial charge < -0.3 is 44.1 Å². The van der Waals surface area contributed by atoms with E-state index in [1.807, 2.05) is 0 Å². The molecule has 11 heteroatoms. The summed E-state index contributed by atoms with van der Waals surface area (Å²) in [7, 11) is 1.43. The molecular formula is C30H42O11. The fourth-order valence-corrected chi connectivity index (χ4v) is 10.3. The third-order valence-electron chi connectivity index (χ3n) is 12.5. The van der Waals surface area contributed by atoms with Crippen molar-refractivity contribution in [2.75, 3.05) is 13.7 Å². The van der Waals surface area contributed by atoms with Gasteiger partial charge in [-0.05, 0) is 75.2 Å². The molecule has 0 radical (unpaired) electrons. The van der Waals surface area contributed by atoms with E-state index in [-0.39, 0.29) is 30.5 Å². The Hall–Kier alpha value is -1.44. The average Bonchev–Trinajstić information content (AvgIpc) is 3.38. The average molecular weight is 579 g/mol. The molecule has 4 N–H and O–H groups in total. The summed E-state index contributed by atoms with van der Waals surface area (Å²) in [5, 5.41) is 45.4. The van der Waals surface area contributed by atoms with Gasteiger partial charge in [0.05, 0.1) is 23.7 Å². The van der Waals surface area contributed by atoms with Crippen molar-refractivity contribution in [3.05, 3.63) is 11.6 Å². The van der Waals surface area contributed by atoms with Gasteiger partial charge in [0.25, 0.3) is 0 Å². The lowest BCUT2D eigenvalue weighted by Crippen LogP contribution is -2.75. The van der Waals surface area contributed by atoms with Gasteiger partial charge in [-0.1, -0.05) is 6.92 Å². The predicted molar refractivity (Wildman–Crippen MR) is 139 cm³/mol. The number of fused-ring (bicyclic) bond motifs is 3. The van der Waals surface area contributed by atoms with Gasteiger partial charge in [0, 0.05) is 19.1 Å². The highest BCUT2D eigenvalue weighted by Gasteiger charge is 2.88. The molecule has 7 aliphatic rings. The molecule has 15 atom stereocenters. The zero-order valence-corrected chi connectivity index (χ0v) is 24.0. The number of methoxy groups -OCH3 is 1. The lowest BCUT2D eigenvalue weighted by atomic mass is 9.41. The predicted octanol–water partition coefficient (Wildman–Crippen LogP) is 0.391. The number of cyclic esters (lactones) is 1. The summed E-state index contributed by atoms with van der Waals surface area (Å²) in [6, 6.07) is 0. The van der Waals surface area contributed by atoms with Crippen LogP contribution in [-0.2, 0) is 33.3 Å². The van der Waals surface area contributed by atoms with Gasteiger partial charge in [-0.25, -0.2) is 4.79 Å². The molecule has 0 aromatic rings. The van der Waals surface area contributed by atoms with Crippen molar-refractivity contribution in [2.24, 2.45) is 28.6 Å². The molecule has 0 amide bonds. The number of ketones is 1. The van der Waals surface area contributed by atoms with E-state index >= 15 is 0 Å². The summed E-state index contributed by atoms with van der Waals surface area (Å²) in [4.78, 5) is 26.0. The van der Waals surface area contributed by atoms with E-state index in [0.717, 1.165) is 0 Å². The fraction of sp³-hybridized carbons (Fsp3) is 0.867. The highest BCUT2D eigenvalue weighted by Crippen LogP contribution is 2.76. The molecule has 2 saturated heterocycles. The SMILES string of the molecule is CO[C@H]1[C@@H](O)[C@H](O[C@H]2CC[C@@]3(C)[C@H](C2)C[C@H]2O[C@@]24[C@H]3[C@@H](O)C(=O)[C@]2(C)[C@H](C3=CC(=O)OC3)CC[C@]42O)O[C@@H](C)[C@H]1O. The topological polar surface area (TPSA) is 165 Å². The van der Waals surface area contributed by atoms with Crippen molar-refractivity contribution < 1.29 is 53.7 Å².